The Morgan fingerprint density at radius 2 is 1.20 bits per heavy atom. The quantitative estimate of drug-likeness (QED) is 0.145. The molecule has 0 aromatic heterocycles. The van der Waals surface area contributed by atoms with E-state index in [4.69, 9.17) is 4.74 Å². The average Bonchev–Trinajstić information content (AvgIpc) is 2.62. The standard InChI is InChI=1S/C23H42O2/c1-3-5-7-9-11-12-13-14-15-17-19-21-23(24)25-22-20-18-16-10-8-6-4-2/h6,8,18,20H,3-5,7,9-17,19,21-22H2,1-2H3. The summed E-state index contributed by atoms with van der Waals surface area (Å²) in [5.74, 6) is -0.0496. The Kier molecular flexibility index (Phi) is 20.1. The first-order valence-electron chi connectivity index (χ1n) is 10.8. The molecule has 2 heteroatoms. The zero-order valence-electron chi connectivity index (χ0n) is 16.9. The molecule has 0 aliphatic heterocycles. The third-order valence-corrected chi connectivity index (χ3v) is 4.39. The van der Waals surface area contributed by atoms with Crippen molar-refractivity contribution in [1.82, 2.24) is 0 Å². The van der Waals surface area contributed by atoms with E-state index in [1.165, 1.54) is 57.8 Å². The summed E-state index contributed by atoms with van der Waals surface area (Å²) in [5.41, 5.74) is 0. The zero-order valence-corrected chi connectivity index (χ0v) is 16.9. The zero-order chi connectivity index (χ0) is 18.4. The normalized spacial score (nSPS) is 11.6. The molecule has 0 spiro atoms. The van der Waals surface area contributed by atoms with Crippen molar-refractivity contribution in [3.63, 3.8) is 0 Å². The van der Waals surface area contributed by atoms with Gasteiger partial charge in [0.1, 0.15) is 6.61 Å². The fraction of sp³-hybridized carbons (Fsp3) is 0.783. The van der Waals surface area contributed by atoms with Crippen LogP contribution in [0.3, 0.4) is 0 Å². The highest BCUT2D eigenvalue weighted by molar-refractivity contribution is 5.69. The van der Waals surface area contributed by atoms with Crippen LogP contribution in [-0.4, -0.2) is 12.6 Å². The highest BCUT2D eigenvalue weighted by atomic mass is 16.5. The summed E-state index contributed by atoms with van der Waals surface area (Å²) >= 11 is 0. The first-order valence-corrected chi connectivity index (χ1v) is 10.8. The summed E-state index contributed by atoms with van der Waals surface area (Å²) in [4.78, 5) is 11.6. The summed E-state index contributed by atoms with van der Waals surface area (Å²) in [5, 5.41) is 0. The van der Waals surface area contributed by atoms with Crippen LogP contribution < -0.4 is 0 Å². The lowest BCUT2D eigenvalue weighted by atomic mass is 10.1. The van der Waals surface area contributed by atoms with Crippen LogP contribution in [0.1, 0.15) is 110 Å². The maximum absolute atomic E-state index is 11.6. The van der Waals surface area contributed by atoms with Crippen molar-refractivity contribution in [2.75, 3.05) is 6.61 Å². The first kappa shape index (κ1) is 23.9. The Hall–Kier alpha value is -1.05. The summed E-state index contributed by atoms with van der Waals surface area (Å²) in [6.45, 7) is 4.83. The molecule has 0 atom stereocenters. The molecule has 146 valence electrons. The second-order valence-electron chi connectivity index (χ2n) is 6.90. The van der Waals surface area contributed by atoms with Crippen LogP contribution in [0.5, 0.6) is 0 Å². The number of hydrogen-bond acceptors (Lipinski definition) is 2. The van der Waals surface area contributed by atoms with Crippen molar-refractivity contribution in [3.05, 3.63) is 24.3 Å². The summed E-state index contributed by atoms with van der Waals surface area (Å²) in [7, 11) is 0. The number of carbonyl (C=O) groups is 1. The van der Waals surface area contributed by atoms with Crippen molar-refractivity contribution >= 4 is 5.97 Å². The Balaban J connectivity index is 3.25. The summed E-state index contributed by atoms with van der Waals surface area (Å²) in [6.07, 6.45) is 26.6. The Morgan fingerprint density at radius 1 is 0.680 bits per heavy atom. The Labute approximate surface area is 157 Å². The van der Waals surface area contributed by atoms with E-state index < -0.39 is 0 Å². The van der Waals surface area contributed by atoms with Crippen molar-refractivity contribution < 1.29 is 9.53 Å². The van der Waals surface area contributed by atoms with Gasteiger partial charge in [-0.25, -0.2) is 0 Å². The molecule has 0 bridgehead atoms. The number of esters is 1. The molecule has 0 aromatic rings. The van der Waals surface area contributed by atoms with E-state index in [1.54, 1.807) is 0 Å². The van der Waals surface area contributed by atoms with Gasteiger partial charge < -0.3 is 4.74 Å². The summed E-state index contributed by atoms with van der Waals surface area (Å²) < 4.78 is 5.22. The van der Waals surface area contributed by atoms with E-state index in [9.17, 15) is 4.79 Å². The lowest BCUT2D eigenvalue weighted by Gasteiger charge is -2.03. The van der Waals surface area contributed by atoms with Gasteiger partial charge >= 0.3 is 5.97 Å². The lowest BCUT2D eigenvalue weighted by Crippen LogP contribution is -2.03. The average molecular weight is 351 g/mol. The fourth-order valence-corrected chi connectivity index (χ4v) is 2.81. The molecule has 2 nitrogen and oxygen atoms in total. The lowest BCUT2D eigenvalue weighted by molar-refractivity contribution is -0.142. The monoisotopic (exact) mass is 350 g/mol. The molecule has 0 rings (SSSR count). The molecular weight excluding hydrogens is 308 g/mol. The number of allylic oxidation sites excluding steroid dienone is 3. The minimum Gasteiger partial charge on any atom is -0.461 e. The molecule has 0 heterocycles. The smallest absolute Gasteiger partial charge is 0.306 e. The van der Waals surface area contributed by atoms with E-state index in [2.05, 4.69) is 32.1 Å². The number of ether oxygens (including phenoxy) is 1. The van der Waals surface area contributed by atoms with E-state index >= 15 is 0 Å². The van der Waals surface area contributed by atoms with Crippen LogP contribution >= 0.6 is 0 Å². The van der Waals surface area contributed by atoms with Gasteiger partial charge in [0.25, 0.3) is 0 Å². The van der Waals surface area contributed by atoms with E-state index in [0.717, 1.165) is 32.1 Å². The van der Waals surface area contributed by atoms with Crippen LogP contribution in [0.4, 0.5) is 0 Å². The highest BCUT2D eigenvalue weighted by Gasteiger charge is 2.01. The third kappa shape index (κ3) is 20.9. The van der Waals surface area contributed by atoms with Crippen LogP contribution in [0.15, 0.2) is 24.3 Å². The molecule has 0 aliphatic rings. The van der Waals surface area contributed by atoms with Gasteiger partial charge in [-0.05, 0) is 25.7 Å². The second kappa shape index (κ2) is 21.0. The molecular formula is C23H42O2. The van der Waals surface area contributed by atoms with E-state index in [1.807, 2.05) is 6.08 Å². The van der Waals surface area contributed by atoms with Gasteiger partial charge in [-0.15, -0.1) is 0 Å². The first-order chi connectivity index (χ1) is 12.3. The van der Waals surface area contributed by atoms with Gasteiger partial charge in [0.05, 0.1) is 0 Å². The highest BCUT2D eigenvalue weighted by Crippen LogP contribution is 2.12. The van der Waals surface area contributed by atoms with Crippen LogP contribution in [0.25, 0.3) is 0 Å². The summed E-state index contributed by atoms with van der Waals surface area (Å²) in [6, 6.07) is 0. The predicted molar refractivity (Wildman–Crippen MR) is 110 cm³/mol. The molecule has 0 saturated heterocycles. The van der Waals surface area contributed by atoms with Gasteiger partial charge in [-0.2, -0.15) is 0 Å². The van der Waals surface area contributed by atoms with Gasteiger partial charge in [-0.3, -0.25) is 4.79 Å². The fourth-order valence-electron chi connectivity index (χ4n) is 2.81. The molecule has 0 saturated carbocycles. The SMILES string of the molecule is CCC=CCCC=CCOC(=O)CCCCCCCCCCCCC. The van der Waals surface area contributed by atoms with Gasteiger partial charge in [0, 0.05) is 6.42 Å². The largest absolute Gasteiger partial charge is 0.461 e. The minimum absolute atomic E-state index is 0.0496. The number of rotatable bonds is 18. The molecule has 0 N–H and O–H groups in total. The van der Waals surface area contributed by atoms with E-state index in [0.29, 0.717) is 13.0 Å². The van der Waals surface area contributed by atoms with Gasteiger partial charge in [0.15, 0.2) is 0 Å². The maximum atomic E-state index is 11.6. The topological polar surface area (TPSA) is 26.3 Å². The van der Waals surface area contributed by atoms with Crippen LogP contribution in [0.2, 0.25) is 0 Å². The Bertz CT molecular complexity index is 331. The third-order valence-electron chi connectivity index (χ3n) is 4.39. The molecule has 0 fully saturated rings. The Morgan fingerprint density at radius 3 is 1.76 bits per heavy atom. The van der Waals surface area contributed by atoms with Crippen molar-refractivity contribution in [2.24, 2.45) is 0 Å². The maximum Gasteiger partial charge on any atom is 0.306 e. The van der Waals surface area contributed by atoms with Crippen LogP contribution in [0, 0.1) is 0 Å². The predicted octanol–water partition coefficient (Wildman–Crippen LogP) is 7.53. The van der Waals surface area contributed by atoms with Crippen LogP contribution in [-0.2, 0) is 9.53 Å². The molecule has 0 aromatic carbocycles. The number of unbranched alkanes of at least 4 members (excludes halogenated alkanes) is 11. The second-order valence-corrected chi connectivity index (χ2v) is 6.90. The molecule has 25 heavy (non-hydrogen) atoms. The molecule has 0 amide bonds. The van der Waals surface area contributed by atoms with E-state index in [-0.39, 0.29) is 5.97 Å². The minimum atomic E-state index is -0.0496. The van der Waals surface area contributed by atoms with Crippen molar-refractivity contribution in [1.29, 1.82) is 0 Å². The van der Waals surface area contributed by atoms with Gasteiger partial charge in [-0.1, -0.05) is 102 Å². The molecule has 0 unspecified atom stereocenters. The molecule has 0 radical (unpaired) electrons. The number of hydrogen-bond donors (Lipinski definition) is 0. The van der Waals surface area contributed by atoms with Crippen molar-refractivity contribution in [3.8, 4) is 0 Å². The molecule has 0 aliphatic carbocycles. The van der Waals surface area contributed by atoms with Crippen molar-refractivity contribution in [2.45, 2.75) is 110 Å². The van der Waals surface area contributed by atoms with Gasteiger partial charge in [0.2, 0.25) is 0 Å². The number of carbonyl (C=O) groups excluding carboxylic acids is 1.